The topological polar surface area (TPSA) is 66.8 Å². The maximum absolute atomic E-state index is 12.5. The number of carboxylic acid groups (broad SMARTS) is 1. The Labute approximate surface area is 120 Å². The van der Waals surface area contributed by atoms with Gasteiger partial charge in [0.25, 0.3) is 5.91 Å². The van der Waals surface area contributed by atoms with Gasteiger partial charge in [-0.25, -0.2) is 0 Å². The van der Waals surface area contributed by atoms with E-state index in [9.17, 15) is 9.59 Å². The van der Waals surface area contributed by atoms with Crippen LogP contribution < -0.4 is 0 Å². The Balaban J connectivity index is 1.91. The van der Waals surface area contributed by atoms with E-state index in [1.54, 1.807) is 4.90 Å². The molecule has 114 valence electrons. The zero-order valence-corrected chi connectivity index (χ0v) is 12.2. The van der Waals surface area contributed by atoms with Crippen LogP contribution in [-0.4, -0.2) is 47.2 Å². The number of hydrogen-bond acceptors (Lipinski definition) is 3. The van der Waals surface area contributed by atoms with Crippen molar-refractivity contribution in [2.24, 2.45) is 5.92 Å². The van der Waals surface area contributed by atoms with Crippen LogP contribution in [0.4, 0.5) is 0 Å². The lowest BCUT2D eigenvalue weighted by atomic mass is 9.97. The number of carbonyl (C=O) groups is 2. The van der Waals surface area contributed by atoms with Crippen LogP contribution in [0.1, 0.15) is 51.9 Å². The summed E-state index contributed by atoms with van der Waals surface area (Å²) in [6, 6.07) is 0. The van der Waals surface area contributed by atoms with Crippen molar-refractivity contribution in [1.82, 2.24) is 4.90 Å². The van der Waals surface area contributed by atoms with Crippen molar-refractivity contribution in [3.8, 4) is 0 Å². The minimum atomic E-state index is -0.799. The summed E-state index contributed by atoms with van der Waals surface area (Å²) in [7, 11) is 0. The Morgan fingerprint density at radius 1 is 1.25 bits per heavy atom. The molecule has 1 aliphatic heterocycles. The Kier molecular flexibility index (Phi) is 5.40. The number of carboxylic acids is 1. The average Bonchev–Trinajstić information content (AvgIpc) is 2.97. The number of piperidine rings is 1. The number of likely N-dealkylation sites (tertiary alicyclic amines) is 1. The molecule has 0 aromatic rings. The SMILES string of the molecule is CCC(OC1CCCC1)C(=O)N1CCC[C@H](C(=O)O)C1. The molecule has 0 radical (unpaired) electrons. The first-order valence-corrected chi connectivity index (χ1v) is 7.79. The van der Waals surface area contributed by atoms with E-state index in [-0.39, 0.29) is 12.0 Å². The van der Waals surface area contributed by atoms with Gasteiger partial charge in [-0.2, -0.15) is 0 Å². The van der Waals surface area contributed by atoms with E-state index >= 15 is 0 Å². The molecule has 0 aromatic carbocycles. The highest BCUT2D eigenvalue weighted by Gasteiger charge is 2.33. The van der Waals surface area contributed by atoms with Crippen LogP contribution in [0, 0.1) is 5.92 Å². The molecule has 2 aliphatic rings. The first-order valence-electron chi connectivity index (χ1n) is 7.79. The van der Waals surface area contributed by atoms with Gasteiger partial charge in [-0.15, -0.1) is 0 Å². The van der Waals surface area contributed by atoms with Gasteiger partial charge in [0.1, 0.15) is 6.10 Å². The quantitative estimate of drug-likeness (QED) is 0.838. The van der Waals surface area contributed by atoms with Crippen molar-refractivity contribution in [2.45, 2.75) is 64.1 Å². The number of nitrogens with zero attached hydrogens (tertiary/aromatic N) is 1. The highest BCUT2D eigenvalue weighted by Crippen LogP contribution is 2.24. The number of rotatable bonds is 5. The fraction of sp³-hybridized carbons (Fsp3) is 0.867. The van der Waals surface area contributed by atoms with Gasteiger partial charge in [-0.1, -0.05) is 19.8 Å². The maximum Gasteiger partial charge on any atom is 0.308 e. The molecule has 1 saturated carbocycles. The van der Waals surface area contributed by atoms with E-state index in [0.717, 1.165) is 19.3 Å². The number of carbonyl (C=O) groups excluding carboxylic acids is 1. The van der Waals surface area contributed by atoms with Crippen molar-refractivity contribution in [2.75, 3.05) is 13.1 Å². The van der Waals surface area contributed by atoms with E-state index < -0.39 is 18.0 Å². The van der Waals surface area contributed by atoms with Gasteiger partial charge in [-0.3, -0.25) is 9.59 Å². The normalized spacial score (nSPS) is 25.6. The second-order valence-corrected chi connectivity index (χ2v) is 5.90. The molecule has 0 bridgehead atoms. The zero-order chi connectivity index (χ0) is 14.5. The molecular formula is C15H25NO4. The van der Waals surface area contributed by atoms with Crippen molar-refractivity contribution in [3.63, 3.8) is 0 Å². The van der Waals surface area contributed by atoms with Crippen LogP contribution in [0.5, 0.6) is 0 Å². The maximum atomic E-state index is 12.5. The van der Waals surface area contributed by atoms with Crippen molar-refractivity contribution in [3.05, 3.63) is 0 Å². The van der Waals surface area contributed by atoms with E-state index in [0.29, 0.717) is 25.9 Å². The Bertz CT molecular complexity index is 352. The van der Waals surface area contributed by atoms with Crippen LogP contribution in [0.3, 0.4) is 0 Å². The summed E-state index contributed by atoms with van der Waals surface area (Å²) < 4.78 is 5.93. The van der Waals surface area contributed by atoms with Gasteiger partial charge in [0, 0.05) is 13.1 Å². The van der Waals surface area contributed by atoms with Crippen LogP contribution in [-0.2, 0) is 14.3 Å². The number of aliphatic carboxylic acids is 1. The summed E-state index contributed by atoms with van der Waals surface area (Å²) in [5.41, 5.74) is 0. The fourth-order valence-corrected chi connectivity index (χ4v) is 3.17. The van der Waals surface area contributed by atoms with E-state index in [1.165, 1.54) is 12.8 Å². The summed E-state index contributed by atoms with van der Waals surface area (Å²) in [6.45, 7) is 2.95. The summed E-state index contributed by atoms with van der Waals surface area (Å²) >= 11 is 0. The molecular weight excluding hydrogens is 258 g/mol. The standard InChI is InChI=1S/C15H25NO4/c1-2-13(20-12-7-3-4-8-12)14(17)16-9-5-6-11(10-16)15(18)19/h11-13H,2-10H2,1H3,(H,18,19)/t11-,13?/m0/s1. The summed E-state index contributed by atoms with van der Waals surface area (Å²) in [5.74, 6) is -1.24. The van der Waals surface area contributed by atoms with Crippen LogP contribution in [0.2, 0.25) is 0 Å². The Hall–Kier alpha value is -1.10. The van der Waals surface area contributed by atoms with Gasteiger partial charge < -0.3 is 14.7 Å². The molecule has 0 aromatic heterocycles. The van der Waals surface area contributed by atoms with E-state index in [1.807, 2.05) is 6.92 Å². The molecule has 1 saturated heterocycles. The van der Waals surface area contributed by atoms with Crippen molar-refractivity contribution < 1.29 is 19.4 Å². The lowest BCUT2D eigenvalue weighted by molar-refractivity contribution is -0.153. The van der Waals surface area contributed by atoms with Gasteiger partial charge >= 0.3 is 5.97 Å². The molecule has 2 rings (SSSR count). The van der Waals surface area contributed by atoms with E-state index in [4.69, 9.17) is 9.84 Å². The summed E-state index contributed by atoms with van der Waals surface area (Å²) in [4.78, 5) is 25.3. The molecule has 5 heteroatoms. The van der Waals surface area contributed by atoms with Gasteiger partial charge in [0.05, 0.1) is 12.0 Å². The van der Waals surface area contributed by atoms with Gasteiger partial charge in [-0.05, 0) is 32.1 Å². The first-order chi connectivity index (χ1) is 9.61. The molecule has 1 N–H and O–H groups in total. The third kappa shape index (κ3) is 3.72. The van der Waals surface area contributed by atoms with Crippen molar-refractivity contribution >= 4 is 11.9 Å². The molecule has 1 unspecified atom stereocenters. The number of ether oxygens (including phenoxy) is 1. The molecule has 0 spiro atoms. The zero-order valence-electron chi connectivity index (χ0n) is 12.2. The fourth-order valence-electron chi connectivity index (χ4n) is 3.17. The largest absolute Gasteiger partial charge is 0.481 e. The van der Waals surface area contributed by atoms with E-state index in [2.05, 4.69) is 0 Å². The molecule has 2 fully saturated rings. The first kappa shape index (κ1) is 15.3. The lowest BCUT2D eigenvalue weighted by Crippen LogP contribution is -2.47. The molecule has 1 amide bonds. The summed E-state index contributed by atoms with van der Waals surface area (Å²) in [6.07, 6.45) is 6.35. The molecule has 5 nitrogen and oxygen atoms in total. The Morgan fingerprint density at radius 2 is 1.95 bits per heavy atom. The van der Waals surface area contributed by atoms with Gasteiger partial charge in [0.15, 0.2) is 0 Å². The highest BCUT2D eigenvalue weighted by atomic mass is 16.5. The molecule has 1 heterocycles. The van der Waals surface area contributed by atoms with Crippen LogP contribution in [0.15, 0.2) is 0 Å². The van der Waals surface area contributed by atoms with Crippen LogP contribution in [0.25, 0.3) is 0 Å². The smallest absolute Gasteiger partial charge is 0.308 e. The van der Waals surface area contributed by atoms with Crippen molar-refractivity contribution in [1.29, 1.82) is 0 Å². The monoisotopic (exact) mass is 283 g/mol. The lowest BCUT2D eigenvalue weighted by Gasteiger charge is -2.33. The molecule has 20 heavy (non-hydrogen) atoms. The van der Waals surface area contributed by atoms with Gasteiger partial charge in [0.2, 0.25) is 0 Å². The Morgan fingerprint density at radius 3 is 2.55 bits per heavy atom. The third-order valence-electron chi connectivity index (χ3n) is 4.39. The molecule has 1 aliphatic carbocycles. The molecule has 2 atom stereocenters. The summed E-state index contributed by atoms with van der Waals surface area (Å²) in [5, 5.41) is 9.09. The predicted molar refractivity (Wildman–Crippen MR) is 74.4 cm³/mol. The number of hydrogen-bond donors (Lipinski definition) is 1. The third-order valence-corrected chi connectivity index (χ3v) is 4.39. The second-order valence-electron chi connectivity index (χ2n) is 5.90. The number of amides is 1. The van der Waals surface area contributed by atoms with Crippen LogP contribution >= 0.6 is 0 Å². The second kappa shape index (κ2) is 7.07. The minimum Gasteiger partial charge on any atom is -0.481 e. The average molecular weight is 283 g/mol. The highest BCUT2D eigenvalue weighted by molar-refractivity contribution is 5.82. The minimum absolute atomic E-state index is 0.0228. The predicted octanol–water partition coefficient (Wildman–Crippen LogP) is 2.05.